The van der Waals surface area contributed by atoms with E-state index in [-0.39, 0.29) is 11.7 Å². The van der Waals surface area contributed by atoms with E-state index in [9.17, 15) is 9.90 Å². The lowest BCUT2D eigenvalue weighted by molar-refractivity contribution is -0.128. The van der Waals surface area contributed by atoms with Gasteiger partial charge in [0.25, 0.3) is 0 Å². The number of aliphatic hydroxyl groups excluding tert-OH is 1. The Bertz CT molecular complexity index is 530. The lowest BCUT2D eigenvalue weighted by Crippen LogP contribution is -2.24. The molecule has 2 atom stereocenters. The zero-order valence-corrected chi connectivity index (χ0v) is 10.8. The first-order valence-electron chi connectivity index (χ1n) is 6.44. The number of hydrogen-bond donors (Lipinski definition) is 1. The summed E-state index contributed by atoms with van der Waals surface area (Å²) in [6, 6.07) is 7.76. The van der Waals surface area contributed by atoms with Crippen LogP contribution in [0.25, 0.3) is 0 Å². The van der Waals surface area contributed by atoms with Crippen LogP contribution in [0.2, 0.25) is 0 Å². The molecule has 4 heteroatoms. The molecule has 1 heterocycles. The Morgan fingerprint density at radius 2 is 2.00 bits per heavy atom. The Balaban J connectivity index is 1.96. The molecule has 0 aromatic heterocycles. The third kappa shape index (κ3) is 2.12. The monoisotopic (exact) mass is 260 g/mol. The Morgan fingerprint density at radius 1 is 1.26 bits per heavy atom. The predicted octanol–water partition coefficient (Wildman–Crippen LogP) is 2.13. The molecule has 0 saturated heterocycles. The van der Waals surface area contributed by atoms with Crippen molar-refractivity contribution in [2.45, 2.75) is 31.5 Å². The Kier molecular flexibility index (Phi) is 3.03. The number of carbonyl (C=O) groups excluding carboxylic acids is 1. The molecule has 0 bridgehead atoms. The van der Waals surface area contributed by atoms with E-state index >= 15 is 0 Å². The topological polar surface area (TPSA) is 55.8 Å². The van der Waals surface area contributed by atoms with Crippen molar-refractivity contribution in [2.75, 3.05) is 7.11 Å². The van der Waals surface area contributed by atoms with Gasteiger partial charge < -0.3 is 14.6 Å². The van der Waals surface area contributed by atoms with Gasteiger partial charge in [0, 0.05) is 18.8 Å². The highest BCUT2D eigenvalue weighted by atomic mass is 16.6. The van der Waals surface area contributed by atoms with Gasteiger partial charge in [-0.1, -0.05) is 12.1 Å². The van der Waals surface area contributed by atoms with E-state index in [1.165, 1.54) is 0 Å². The molecular weight excluding hydrogens is 244 g/mol. The molecule has 1 N–H and O–H groups in total. The van der Waals surface area contributed by atoms with E-state index in [2.05, 4.69) is 0 Å². The molecule has 100 valence electrons. The fraction of sp³-hybridized carbons (Fsp3) is 0.400. The summed E-state index contributed by atoms with van der Waals surface area (Å²) in [7, 11) is 1.63. The molecule has 0 fully saturated rings. The molecule has 0 saturated carbocycles. The second-order valence-electron chi connectivity index (χ2n) is 4.91. The first kappa shape index (κ1) is 12.2. The smallest absolute Gasteiger partial charge is 0.198 e. The molecule has 0 radical (unpaired) electrons. The maximum Gasteiger partial charge on any atom is 0.198 e. The quantitative estimate of drug-likeness (QED) is 0.885. The second-order valence-corrected chi connectivity index (χ2v) is 4.91. The fourth-order valence-electron chi connectivity index (χ4n) is 2.83. The molecule has 1 aromatic carbocycles. The molecule has 1 aliphatic carbocycles. The molecule has 4 nitrogen and oxygen atoms in total. The Labute approximate surface area is 111 Å². The van der Waals surface area contributed by atoms with Gasteiger partial charge in [-0.05, 0) is 29.7 Å². The average molecular weight is 260 g/mol. The van der Waals surface area contributed by atoms with Gasteiger partial charge in [0.05, 0.1) is 7.11 Å². The number of benzene rings is 1. The van der Waals surface area contributed by atoms with Crippen molar-refractivity contribution in [1.29, 1.82) is 0 Å². The number of ether oxygens (including phenoxy) is 2. The zero-order chi connectivity index (χ0) is 13.4. The number of methoxy groups -OCH3 is 1. The normalized spacial score (nSPS) is 26.1. The minimum atomic E-state index is -0.895. The van der Waals surface area contributed by atoms with E-state index in [0.717, 1.165) is 23.3 Å². The highest BCUT2D eigenvalue weighted by Gasteiger charge is 2.37. The third-order valence-electron chi connectivity index (χ3n) is 3.80. The predicted molar refractivity (Wildman–Crippen MR) is 68.7 cm³/mol. The highest BCUT2D eigenvalue weighted by molar-refractivity contribution is 5.97. The number of ketones is 1. The SMILES string of the molecule is COc1ccc([C@@H]2C[C@@H](O)OC3=C2CCC3=O)cc1. The molecule has 1 aromatic rings. The molecule has 2 aliphatic rings. The van der Waals surface area contributed by atoms with Crippen LogP contribution in [0.5, 0.6) is 5.75 Å². The molecule has 1 aliphatic heterocycles. The van der Waals surface area contributed by atoms with E-state index in [0.29, 0.717) is 18.6 Å². The van der Waals surface area contributed by atoms with Crippen molar-refractivity contribution in [3.63, 3.8) is 0 Å². The summed E-state index contributed by atoms with van der Waals surface area (Å²) in [6.07, 6.45) is 0.827. The van der Waals surface area contributed by atoms with E-state index in [4.69, 9.17) is 9.47 Å². The van der Waals surface area contributed by atoms with Crippen LogP contribution in [0.4, 0.5) is 0 Å². The van der Waals surface area contributed by atoms with Gasteiger partial charge >= 0.3 is 0 Å². The van der Waals surface area contributed by atoms with Gasteiger partial charge in [-0.25, -0.2) is 0 Å². The van der Waals surface area contributed by atoms with Crippen molar-refractivity contribution < 1.29 is 19.4 Å². The van der Waals surface area contributed by atoms with Crippen LogP contribution in [-0.4, -0.2) is 24.3 Å². The summed E-state index contributed by atoms with van der Waals surface area (Å²) in [5.41, 5.74) is 2.12. The van der Waals surface area contributed by atoms with Crippen LogP contribution < -0.4 is 4.74 Å². The summed E-state index contributed by atoms with van der Waals surface area (Å²) < 4.78 is 10.4. The van der Waals surface area contributed by atoms with Gasteiger partial charge in [0.15, 0.2) is 17.8 Å². The zero-order valence-electron chi connectivity index (χ0n) is 10.8. The van der Waals surface area contributed by atoms with E-state index in [1.54, 1.807) is 7.11 Å². The van der Waals surface area contributed by atoms with Gasteiger partial charge in [-0.15, -0.1) is 0 Å². The number of aliphatic hydroxyl groups is 1. The Morgan fingerprint density at radius 3 is 2.68 bits per heavy atom. The van der Waals surface area contributed by atoms with Crippen molar-refractivity contribution in [2.24, 2.45) is 0 Å². The minimum absolute atomic E-state index is 0.00672. The van der Waals surface area contributed by atoms with Gasteiger partial charge in [-0.3, -0.25) is 4.79 Å². The number of rotatable bonds is 2. The maximum absolute atomic E-state index is 11.7. The summed E-state index contributed by atoms with van der Waals surface area (Å²) in [5, 5.41) is 9.77. The number of carbonyl (C=O) groups is 1. The molecule has 0 amide bonds. The maximum atomic E-state index is 11.7. The number of Topliss-reactive ketones (excluding diaryl/α,β-unsaturated/α-hetero) is 1. The van der Waals surface area contributed by atoms with Crippen molar-refractivity contribution in [1.82, 2.24) is 0 Å². The second kappa shape index (κ2) is 4.70. The summed E-state index contributed by atoms with van der Waals surface area (Å²) in [5.74, 6) is 1.26. The van der Waals surface area contributed by atoms with Crippen molar-refractivity contribution in [3.05, 3.63) is 41.2 Å². The van der Waals surface area contributed by atoms with Crippen molar-refractivity contribution in [3.8, 4) is 5.75 Å². The Hall–Kier alpha value is -1.81. The lowest BCUT2D eigenvalue weighted by atomic mass is 9.86. The summed E-state index contributed by atoms with van der Waals surface area (Å²) in [6.45, 7) is 0. The van der Waals surface area contributed by atoms with Crippen molar-refractivity contribution >= 4 is 5.78 Å². The van der Waals surface area contributed by atoms with E-state index < -0.39 is 6.29 Å². The van der Waals surface area contributed by atoms with Crippen LogP contribution in [0.15, 0.2) is 35.6 Å². The van der Waals surface area contributed by atoms with Gasteiger partial charge in [0.2, 0.25) is 0 Å². The van der Waals surface area contributed by atoms with Gasteiger partial charge in [0.1, 0.15) is 5.75 Å². The molecule has 3 rings (SSSR count). The minimum Gasteiger partial charge on any atom is -0.497 e. The van der Waals surface area contributed by atoms with Gasteiger partial charge in [-0.2, -0.15) is 0 Å². The largest absolute Gasteiger partial charge is 0.497 e. The molecule has 0 unspecified atom stereocenters. The van der Waals surface area contributed by atoms with Crippen LogP contribution in [-0.2, 0) is 9.53 Å². The lowest BCUT2D eigenvalue weighted by Gasteiger charge is -2.28. The van der Waals surface area contributed by atoms with Crippen LogP contribution in [0.1, 0.15) is 30.7 Å². The third-order valence-corrected chi connectivity index (χ3v) is 3.80. The summed E-state index contributed by atoms with van der Waals surface area (Å²) in [4.78, 5) is 11.7. The first-order valence-corrected chi connectivity index (χ1v) is 6.44. The van der Waals surface area contributed by atoms with Crippen LogP contribution in [0.3, 0.4) is 0 Å². The number of allylic oxidation sites excluding steroid dienone is 2. The molecule has 19 heavy (non-hydrogen) atoms. The fourth-order valence-corrected chi connectivity index (χ4v) is 2.83. The van der Waals surface area contributed by atoms with Crippen LogP contribution in [0, 0.1) is 0 Å². The molecule has 0 spiro atoms. The number of hydrogen-bond acceptors (Lipinski definition) is 4. The summed E-state index contributed by atoms with van der Waals surface area (Å²) >= 11 is 0. The molecular formula is C15H16O4. The van der Waals surface area contributed by atoms with E-state index in [1.807, 2.05) is 24.3 Å². The first-order chi connectivity index (χ1) is 9.19. The highest BCUT2D eigenvalue weighted by Crippen LogP contribution is 2.43. The standard InChI is InChI=1S/C15H16O4/c1-18-10-4-2-9(3-5-10)12-8-14(17)19-15-11(12)6-7-13(15)16/h2-5,12,14,17H,6-8H2,1H3/t12-,14-/m0/s1. The van der Waals surface area contributed by atoms with Crippen LogP contribution >= 0.6 is 0 Å². The average Bonchev–Trinajstić information content (AvgIpc) is 2.80.